The summed E-state index contributed by atoms with van der Waals surface area (Å²) in [5.74, 6) is 1.72. The van der Waals surface area contributed by atoms with Crippen LogP contribution in [0.3, 0.4) is 0 Å². The van der Waals surface area contributed by atoms with Gasteiger partial charge in [0.05, 0.1) is 11.6 Å². The van der Waals surface area contributed by atoms with Gasteiger partial charge < -0.3 is 5.32 Å². The van der Waals surface area contributed by atoms with E-state index in [1.165, 1.54) is 19.3 Å². The first kappa shape index (κ1) is 9.97. The Bertz CT molecular complexity index is 377. The normalized spacial score (nSPS) is 16.8. The Balaban J connectivity index is 1.93. The maximum atomic E-state index is 8.75. The van der Waals surface area contributed by atoms with Crippen LogP contribution in [0.25, 0.3) is 0 Å². The minimum absolute atomic E-state index is 0.443. The van der Waals surface area contributed by atoms with Gasteiger partial charge in [-0.2, -0.15) is 5.26 Å². The van der Waals surface area contributed by atoms with Crippen molar-refractivity contribution in [3.63, 3.8) is 0 Å². The largest absolute Gasteiger partial charge is 0.368 e. The quantitative estimate of drug-likeness (QED) is 0.814. The van der Waals surface area contributed by atoms with Gasteiger partial charge in [0.25, 0.3) is 0 Å². The number of rotatable bonds is 4. The summed E-state index contributed by atoms with van der Waals surface area (Å²) in [7, 11) is 0. The van der Waals surface area contributed by atoms with E-state index >= 15 is 0 Å². The van der Waals surface area contributed by atoms with Crippen LogP contribution in [0.4, 0.5) is 5.82 Å². The third kappa shape index (κ3) is 2.95. The fourth-order valence-electron chi connectivity index (χ4n) is 1.74. The highest BCUT2D eigenvalue weighted by Gasteiger charge is 2.23. The van der Waals surface area contributed by atoms with E-state index in [9.17, 15) is 0 Å². The van der Waals surface area contributed by atoms with Crippen molar-refractivity contribution >= 4 is 5.82 Å². The maximum Gasteiger partial charge on any atom is 0.127 e. The van der Waals surface area contributed by atoms with Crippen molar-refractivity contribution in [1.82, 2.24) is 4.98 Å². The molecule has 1 N–H and O–H groups in total. The number of pyridine rings is 1. The molecule has 2 rings (SSSR count). The topological polar surface area (TPSA) is 48.7 Å². The predicted molar refractivity (Wildman–Crippen MR) is 59.4 cm³/mol. The fourth-order valence-corrected chi connectivity index (χ4v) is 1.74. The van der Waals surface area contributed by atoms with Gasteiger partial charge in [-0.3, -0.25) is 0 Å². The number of nitrogens with one attached hydrogen (secondary N) is 1. The van der Waals surface area contributed by atoms with Gasteiger partial charge in [-0.1, -0.05) is 12.8 Å². The van der Waals surface area contributed by atoms with Crippen LogP contribution in [-0.4, -0.2) is 11.0 Å². The summed E-state index contributed by atoms with van der Waals surface area (Å²) in [4.78, 5) is 4.19. The van der Waals surface area contributed by atoms with Crippen molar-refractivity contribution < 1.29 is 0 Å². The molecule has 0 spiro atoms. The molecule has 0 aliphatic heterocycles. The van der Waals surface area contributed by atoms with Crippen LogP contribution in [0.15, 0.2) is 18.3 Å². The van der Waals surface area contributed by atoms with E-state index < -0.39 is 0 Å². The van der Waals surface area contributed by atoms with Crippen LogP contribution in [0.2, 0.25) is 0 Å². The van der Waals surface area contributed by atoms with Crippen LogP contribution in [-0.2, 0) is 0 Å². The van der Waals surface area contributed by atoms with Crippen molar-refractivity contribution in [2.24, 2.45) is 5.92 Å². The molecule has 1 fully saturated rings. The molecule has 1 aromatic heterocycles. The molecule has 15 heavy (non-hydrogen) atoms. The number of aromatic nitrogens is 1. The number of nitriles is 1. The average molecular weight is 201 g/mol. The smallest absolute Gasteiger partial charge is 0.127 e. The Kier molecular flexibility index (Phi) is 2.86. The van der Waals surface area contributed by atoms with E-state index in [0.717, 1.165) is 11.7 Å². The Morgan fingerprint density at radius 3 is 3.13 bits per heavy atom. The van der Waals surface area contributed by atoms with Gasteiger partial charge in [-0.25, -0.2) is 4.98 Å². The number of anilines is 1. The molecule has 1 saturated carbocycles. The number of hydrogen-bond donors (Lipinski definition) is 1. The van der Waals surface area contributed by atoms with E-state index in [4.69, 9.17) is 5.26 Å². The second-order valence-corrected chi connectivity index (χ2v) is 4.27. The molecule has 0 radical (unpaired) electrons. The lowest BCUT2D eigenvalue weighted by atomic mass is 10.1. The van der Waals surface area contributed by atoms with E-state index in [2.05, 4.69) is 23.3 Å². The molecule has 78 valence electrons. The first-order chi connectivity index (χ1) is 7.28. The lowest BCUT2D eigenvalue weighted by Crippen LogP contribution is -2.16. The molecule has 0 aromatic carbocycles. The SMILES string of the molecule is CC(CC1CC1)Nc1cc(C#N)ccn1. The standard InChI is InChI=1S/C12H15N3/c1-9(6-10-2-3-10)15-12-7-11(8-13)4-5-14-12/h4-5,7,9-10H,2-3,6H2,1H3,(H,14,15). The molecule has 0 bridgehead atoms. The third-order valence-electron chi connectivity index (χ3n) is 2.67. The first-order valence-electron chi connectivity index (χ1n) is 5.40. The maximum absolute atomic E-state index is 8.75. The van der Waals surface area contributed by atoms with E-state index in [0.29, 0.717) is 11.6 Å². The summed E-state index contributed by atoms with van der Waals surface area (Å²) >= 11 is 0. The van der Waals surface area contributed by atoms with Crippen LogP contribution in [0, 0.1) is 17.2 Å². The molecule has 1 aromatic rings. The van der Waals surface area contributed by atoms with Crippen molar-refractivity contribution in [1.29, 1.82) is 5.26 Å². The van der Waals surface area contributed by atoms with Crippen molar-refractivity contribution in [3.05, 3.63) is 23.9 Å². The molecular formula is C12H15N3. The summed E-state index contributed by atoms with van der Waals surface area (Å²) in [5.41, 5.74) is 0.658. The Morgan fingerprint density at radius 2 is 2.47 bits per heavy atom. The van der Waals surface area contributed by atoms with Gasteiger partial charge in [-0.05, 0) is 31.4 Å². The summed E-state index contributed by atoms with van der Waals surface area (Å²) < 4.78 is 0. The van der Waals surface area contributed by atoms with Crippen LogP contribution in [0.1, 0.15) is 31.7 Å². The first-order valence-corrected chi connectivity index (χ1v) is 5.40. The molecule has 1 unspecified atom stereocenters. The third-order valence-corrected chi connectivity index (χ3v) is 2.67. The average Bonchev–Trinajstić information content (AvgIpc) is 3.02. The lowest BCUT2D eigenvalue weighted by Gasteiger charge is -2.13. The second kappa shape index (κ2) is 4.31. The molecular weight excluding hydrogens is 186 g/mol. The molecule has 3 heteroatoms. The van der Waals surface area contributed by atoms with Gasteiger partial charge >= 0.3 is 0 Å². The summed E-state index contributed by atoms with van der Waals surface area (Å²) in [6, 6.07) is 6.07. The van der Waals surface area contributed by atoms with Gasteiger partial charge in [-0.15, -0.1) is 0 Å². The van der Waals surface area contributed by atoms with E-state index in [-0.39, 0.29) is 0 Å². The molecule has 1 aliphatic carbocycles. The Hall–Kier alpha value is -1.56. The highest BCUT2D eigenvalue weighted by molar-refractivity contribution is 5.42. The summed E-state index contributed by atoms with van der Waals surface area (Å²) in [5, 5.41) is 12.1. The van der Waals surface area contributed by atoms with Crippen LogP contribution >= 0.6 is 0 Å². The zero-order valence-corrected chi connectivity index (χ0v) is 8.90. The van der Waals surface area contributed by atoms with Gasteiger partial charge in [0, 0.05) is 12.2 Å². The summed E-state index contributed by atoms with van der Waals surface area (Å²) in [6.07, 6.45) is 5.62. The molecule has 0 amide bonds. The highest BCUT2D eigenvalue weighted by Crippen LogP contribution is 2.33. The van der Waals surface area contributed by atoms with Crippen LogP contribution < -0.4 is 5.32 Å². The minimum atomic E-state index is 0.443. The Labute approximate surface area is 90.1 Å². The van der Waals surface area contributed by atoms with E-state index in [1.54, 1.807) is 18.3 Å². The predicted octanol–water partition coefficient (Wildman–Crippen LogP) is 2.55. The molecule has 0 saturated heterocycles. The highest BCUT2D eigenvalue weighted by atomic mass is 15.0. The summed E-state index contributed by atoms with van der Waals surface area (Å²) in [6.45, 7) is 2.17. The monoisotopic (exact) mass is 201 g/mol. The second-order valence-electron chi connectivity index (χ2n) is 4.27. The van der Waals surface area contributed by atoms with Crippen molar-refractivity contribution in [3.8, 4) is 6.07 Å². The van der Waals surface area contributed by atoms with Crippen LogP contribution in [0.5, 0.6) is 0 Å². The zero-order chi connectivity index (χ0) is 10.7. The lowest BCUT2D eigenvalue weighted by molar-refractivity contribution is 0.640. The molecule has 3 nitrogen and oxygen atoms in total. The fraction of sp³-hybridized carbons (Fsp3) is 0.500. The number of hydrogen-bond acceptors (Lipinski definition) is 3. The van der Waals surface area contributed by atoms with Gasteiger partial charge in [0.2, 0.25) is 0 Å². The minimum Gasteiger partial charge on any atom is -0.368 e. The molecule has 1 aliphatic rings. The van der Waals surface area contributed by atoms with Crippen molar-refractivity contribution in [2.45, 2.75) is 32.2 Å². The number of nitrogens with zero attached hydrogens (tertiary/aromatic N) is 2. The molecule has 1 heterocycles. The zero-order valence-electron chi connectivity index (χ0n) is 8.90. The Morgan fingerprint density at radius 1 is 1.67 bits per heavy atom. The van der Waals surface area contributed by atoms with Crippen molar-refractivity contribution in [2.75, 3.05) is 5.32 Å². The van der Waals surface area contributed by atoms with Gasteiger partial charge in [0.1, 0.15) is 5.82 Å². The molecule has 1 atom stereocenters. The van der Waals surface area contributed by atoms with Gasteiger partial charge in [0.15, 0.2) is 0 Å². The van der Waals surface area contributed by atoms with E-state index in [1.807, 2.05) is 0 Å².